The number of nitrogens with zero attached hydrogens (tertiary/aromatic N) is 1. The van der Waals surface area contributed by atoms with Gasteiger partial charge in [-0.3, -0.25) is 0 Å². The summed E-state index contributed by atoms with van der Waals surface area (Å²) in [6, 6.07) is 6.40. The van der Waals surface area contributed by atoms with Crippen molar-refractivity contribution < 1.29 is 8.42 Å². The van der Waals surface area contributed by atoms with E-state index in [1.165, 1.54) is 4.70 Å². The number of anilines is 1. The summed E-state index contributed by atoms with van der Waals surface area (Å²) in [6.45, 7) is 0. The summed E-state index contributed by atoms with van der Waals surface area (Å²) < 4.78 is 25.1. The number of hydrogen-bond donors (Lipinski definition) is 1. The van der Waals surface area contributed by atoms with Crippen molar-refractivity contribution in [1.82, 2.24) is 4.98 Å². The average molecular weight is 328 g/mol. The molecule has 0 amide bonds. The van der Waals surface area contributed by atoms with Crippen LogP contribution in [0.1, 0.15) is 12.8 Å². The van der Waals surface area contributed by atoms with E-state index >= 15 is 0 Å². The van der Waals surface area contributed by atoms with E-state index < -0.39 is 9.84 Å². The van der Waals surface area contributed by atoms with Crippen LogP contribution >= 0.6 is 23.1 Å². The van der Waals surface area contributed by atoms with Gasteiger partial charge < -0.3 is 5.32 Å². The second-order valence-corrected chi connectivity index (χ2v) is 9.32. The molecule has 108 valence electrons. The smallest absolute Gasteiger partial charge is 0.150 e. The van der Waals surface area contributed by atoms with Crippen LogP contribution in [0, 0.1) is 0 Å². The highest BCUT2D eigenvalue weighted by Crippen LogP contribution is 2.30. The topological polar surface area (TPSA) is 59.1 Å². The molecule has 3 rings (SSSR count). The molecule has 0 aliphatic carbocycles. The molecule has 1 fully saturated rings. The minimum absolute atomic E-state index is 0.254. The van der Waals surface area contributed by atoms with E-state index in [0.29, 0.717) is 24.3 Å². The van der Waals surface area contributed by atoms with Gasteiger partial charge in [0.1, 0.15) is 9.84 Å². The molecule has 2 heterocycles. The number of hydrogen-bond acceptors (Lipinski definition) is 6. The number of aromatic nitrogens is 1. The van der Waals surface area contributed by atoms with E-state index in [1.807, 2.05) is 18.4 Å². The molecule has 1 aromatic carbocycles. The molecule has 0 spiro atoms. The summed E-state index contributed by atoms with van der Waals surface area (Å²) in [6.07, 6.45) is 3.41. The number of benzene rings is 1. The van der Waals surface area contributed by atoms with Crippen LogP contribution in [-0.2, 0) is 9.84 Å². The van der Waals surface area contributed by atoms with Crippen molar-refractivity contribution in [3.05, 3.63) is 18.2 Å². The standard InChI is InChI=1S/C13H16N2O2S3/c1-18-13-15-11-3-2-10(8-12(11)19-13)14-9-4-6-20(16,17)7-5-9/h2-3,8-9,14H,4-7H2,1H3. The van der Waals surface area contributed by atoms with E-state index in [0.717, 1.165) is 15.5 Å². The molecule has 1 N–H and O–H groups in total. The van der Waals surface area contributed by atoms with Crippen molar-refractivity contribution in [2.45, 2.75) is 23.2 Å². The normalized spacial score (nSPS) is 19.2. The van der Waals surface area contributed by atoms with Gasteiger partial charge in [-0.15, -0.1) is 11.3 Å². The fourth-order valence-corrected chi connectivity index (χ4v) is 5.37. The van der Waals surface area contributed by atoms with E-state index in [-0.39, 0.29) is 6.04 Å². The minimum atomic E-state index is -2.79. The first-order valence-electron chi connectivity index (χ1n) is 6.47. The van der Waals surface area contributed by atoms with Crippen LogP contribution in [0.4, 0.5) is 5.69 Å². The molecule has 20 heavy (non-hydrogen) atoms. The highest BCUT2D eigenvalue weighted by Gasteiger charge is 2.23. The van der Waals surface area contributed by atoms with Crippen LogP contribution in [0.2, 0.25) is 0 Å². The Kier molecular flexibility index (Phi) is 3.92. The number of rotatable bonds is 3. The van der Waals surface area contributed by atoms with Gasteiger partial charge >= 0.3 is 0 Å². The van der Waals surface area contributed by atoms with E-state index in [2.05, 4.69) is 16.4 Å². The van der Waals surface area contributed by atoms with Crippen molar-refractivity contribution >= 4 is 48.8 Å². The van der Waals surface area contributed by atoms with Crippen molar-refractivity contribution in [2.75, 3.05) is 23.1 Å². The molecule has 0 radical (unpaired) electrons. The van der Waals surface area contributed by atoms with Gasteiger partial charge in [0.2, 0.25) is 0 Å². The van der Waals surface area contributed by atoms with Gasteiger partial charge in [0.05, 0.1) is 21.7 Å². The highest BCUT2D eigenvalue weighted by molar-refractivity contribution is 8.00. The zero-order chi connectivity index (χ0) is 14.2. The van der Waals surface area contributed by atoms with Gasteiger partial charge in [0.15, 0.2) is 4.34 Å². The summed E-state index contributed by atoms with van der Waals surface area (Å²) in [5.41, 5.74) is 2.08. The maximum absolute atomic E-state index is 11.4. The lowest BCUT2D eigenvalue weighted by atomic mass is 10.1. The molecule has 1 aliphatic rings. The number of thiazole rings is 1. The maximum Gasteiger partial charge on any atom is 0.150 e. The lowest BCUT2D eigenvalue weighted by Gasteiger charge is -2.24. The lowest BCUT2D eigenvalue weighted by Crippen LogP contribution is -2.32. The second kappa shape index (κ2) is 5.54. The Morgan fingerprint density at radius 1 is 1.35 bits per heavy atom. The Labute approximate surface area is 126 Å². The SMILES string of the molecule is CSc1nc2ccc(NC3CCS(=O)(=O)CC3)cc2s1. The Morgan fingerprint density at radius 2 is 2.10 bits per heavy atom. The Morgan fingerprint density at radius 3 is 2.80 bits per heavy atom. The summed E-state index contributed by atoms with van der Waals surface area (Å²) >= 11 is 3.35. The summed E-state index contributed by atoms with van der Waals surface area (Å²) in [4.78, 5) is 4.51. The molecule has 0 unspecified atom stereocenters. The molecule has 1 saturated heterocycles. The van der Waals surface area contributed by atoms with Crippen LogP contribution in [-0.4, -0.2) is 37.2 Å². The van der Waals surface area contributed by atoms with Gasteiger partial charge in [-0.1, -0.05) is 11.8 Å². The monoisotopic (exact) mass is 328 g/mol. The van der Waals surface area contributed by atoms with Crippen LogP contribution in [0.15, 0.2) is 22.5 Å². The third-order valence-corrected chi connectivity index (χ3v) is 7.19. The molecule has 1 aliphatic heterocycles. The molecule has 2 aromatic rings. The first-order chi connectivity index (χ1) is 9.55. The first kappa shape index (κ1) is 14.2. The van der Waals surface area contributed by atoms with Crippen molar-refractivity contribution in [3.63, 3.8) is 0 Å². The van der Waals surface area contributed by atoms with E-state index in [9.17, 15) is 8.42 Å². The molecule has 4 nitrogen and oxygen atoms in total. The third-order valence-electron chi connectivity index (χ3n) is 3.47. The van der Waals surface area contributed by atoms with E-state index in [1.54, 1.807) is 23.1 Å². The van der Waals surface area contributed by atoms with Crippen LogP contribution in [0.25, 0.3) is 10.2 Å². The van der Waals surface area contributed by atoms with Crippen molar-refractivity contribution in [1.29, 1.82) is 0 Å². The van der Waals surface area contributed by atoms with E-state index in [4.69, 9.17) is 0 Å². The number of sulfone groups is 1. The molecule has 0 bridgehead atoms. The predicted octanol–water partition coefficient (Wildman–Crippen LogP) is 3.01. The quantitative estimate of drug-likeness (QED) is 0.878. The van der Waals surface area contributed by atoms with Gasteiger partial charge in [-0.05, 0) is 37.3 Å². The largest absolute Gasteiger partial charge is 0.382 e. The highest BCUT2D eigenvalue weighted by atomic mass is 32.2. The molecular weight excluding hydrogens is 312 g/mol. The maximum atomic E-state index is 11.4. The van der Waals surface area contributed by atoms with Crippen LogP contribution in [0.3, 0.4) is 0 Å². The number of fused-ring (bicyclic) bond motifs is 1. The molecular formula is C13H16N2O2S3. The Hall–Kier alpha value is -0.790. The Bertz CT molecular complexity index is 710. The van der Waals surface area contributed by atoms with Gasteiger partial charge in [-0.25, -0.2) is 13.4 Å². The Balaban J connectivity index is 1.74. The van der Waals surface area contributed by atoms with Crippen molar-refractivity contribution in [2.24, 2.45) is 0 Å². The number of nitrogens with one attached hydrogen (secondary N) is 1. The van der Waals surface area contributed by atoms with Gasteiger partial charge in [-0.2, -0.15) is 0 Å². The molecule has 1 aromatic heterocycles. The van der Waals surface area contributed by atoms with Crippen molar-refractivity contribution in [3.8, 4) is 0 Å². The van der Waals surface area contributed by atoms with Gasteiger partial charge in [0, 0.05) is 11.7 Å². The lowest BCUT2D eigenvalue weighted by molar-refractivity contribution is 0.559. The zero-order valence-electron chi connectivity index (χ0n) is 11.1. The molecule has 0 saturated carbocycles. The summed E-state index contributed by atoms with van der Waals surface area (Å²) in [5.74, 6) is 0.591. The average Bonchev–Trinajstić information content (AvgIpc) is 2.83. The minimum Gasteiger partial charge on any atom is -0.382 e. The predicted molar refractivity (Wildman–Crippen MR) is 86.7 cm³/mol. The van der Waals surface area contributed by atoms with Crippen LogP contribution < -0.4 is 5.32 Å². The van der Waals surface area contributed by atoms with Gasteiger partial charge in [0.25, 0.3) is 0 Å². The molecule has 0 atom stereocenters. The first-order valence-corrected chi connectivity index (χ1v) is 10.3. The fraction of sp³-hybridized carbons (Fsp3) is 0.462. The number of thioether (sulfide) groups is 1. The second-order valence-electron chi connectivity index (χ2n) is 4.94. The van der Waals surface area contributed by atoms with Crippen LogP contribution in [0.5, 0.6) is 0 Å². The summed E-state index contributed by atoms with van der Waals surface area (Å²) in [5, 5.41) is 3.45. The zero-order valence-corrected chi connectivity index (χ0v) is 13.6. The third kappa shape index (κ3) is 3.10. The molecule has 7 heteroatoms. The summed E-state index contributed by atoms with van der Waals surface area (Å²) in [7, 11) is -2.79. The fourth-order valence-electron chi connectivity index (χ4n) is 2.35.